The maximum absolute atomic E-state index is 15.5. The Morgan fingerprint density at radius 3 is 2.42 bits per heavy atom. The van der Waals surface area contributed by atoms with Crippen molar-refractivity contribution in [3.05, 3.63) is 36.0 Å². The summed E-state index contributed by atoms with van der Waals surface area (Å²) in [4.78, 5) is 11.3. The first-order valence-electron chi connectivity index (χ1n) is 15.6. The first kappa shape index (κ1) is 33.0. The van der Waals surface area contributed by atoms with Crippen LogP contribution in [0.3, 0.4) is 0 Å². The molecule has 0 aromatic carbocycles. The Hall–Kier alpha value is -1.54. The monoisotopic (exact) mass is 564 g/mol. The van der Waals surface area contributed by atoms with Crippen LogP contribution in [0.4, 0.5) is 4.39 Å². The molecule has 2 aliphatic heterocycles. The molecule has 8 atom stereocenters. The lowest BCUT2D eigenvalue weighted by atomic mass is 9.87. The van der Waals surface area contributed by atoms with E-state index < -0.39 is 6.17 Å². The average molecular weight is 565 g/mol. The van der Waals surface area contributed by atoms with Gasteiger partial charge in [0.05, 0.1) is 19.3 Å². The van der Waals surface area contributed by atoms with Crippen molar-refractivity contribution in [1.29, 1.82) is 0 Å². The molecule has 0 aromatic rings. The number of unbranched alkanes of at least 4 members (excludes halogenated alkanes) is 2. The number of esters is 1. The van der Waals surface area contributed by atoms with E-state index in [1.54, 1.807) is 0 Å². The molecule has 3 aliphatic rings. The summed E-state index contributed by atoms with van der Waals surface area (Å²) < 4.78 is 44.9. The van der Waals surface area contributed by atoms with Crippen molar-refractivity contribution in [1.82, 2.24) is 0 Å². The maximum atomic E-state index is 15.5. The van der Waals surface area contributed by atoms with Crippen LogP contribution in [0.2, 0.25) is 0 Å². The van der Waals surface area contributed by atoms with E-state index in [-0.39, 0.29) is 48.5 Å². The predicted molar refractivity (Wildman–Crippen MR) is 155 cm³/mol. The van der Waals surface area contributed by atoms with Crippen LogP contribution in [0.15, 0.2) is 36.0 Å². The van der Waals surface area contributed by atoms with Crippen LogP contribution in [0.1, 0.15) is 97.8 Å². The Morgan fingerprint density at radius 1 is 1.05 bits per heavy atom. The molecular formula is C33H53FO6. The number of methoxy groups -OCH3 is 1. The average Bonchev–Trinajstić information content (AvgIpc) is 3.25. The van der Waals surface area contributed by atoms with Crippen LogP contribution >= 0.6 is 0 Å². The number of carbonyl (C=O) groups is 1. The van der Waals surface area contributed by atoms with Crippen molar-refractivity contribution in [2.75, 3.05) is 20.3 Å². The summed E-state index contributed by atoms with van der Waals surface area (Å²) in [7, 11) is 1.37. The molecule has 3 fully saturated rings. The third kappa shape index (κ3) is 11.4. The molecule has 1 aliphatic carbocycles. The van der Waals surface area contributed by atoms with Crippen molar-refractivity contribution in [3.63, 3.8) is 0 Å². The molecule has 0 radical (unpaired) electrons. The van der Waals surface area contributed by atoms with Gasteiger partial charge in [-0.15, -0.1) is 0 Å². The van der Waals surface area contributed by atoms with Gasteiger partial charge in [-0.1, -0.05) is 43.2 Å². The first-order valence-corrected chi connectivity index (χ1v) is 15.6. The smallest absolute Gasteiger partial charge is 0.330 e. The molecule has 40 heavy (non-hydrogen) atoms. The fraction of sp³-hybridized carbons (Fsp3) is 0.788. The van der Waals surface area contributed by atoms with E-state index in [1.165, 1.54) is 18.8 Å². The highest BCUT2D eigenvalue weighted by Gasteiger charge is 2.44. The minimum absolute atomic E-state index is 0.0415. The first-order chi connectivity index (χ1) is 19.4. The van der Waals surface area contributed by atoms with Crippen LogP contribution in [0.5, 0.6) is 0 Å². The zero-order valence-corrected chi connectivity index (χ0v) is 25.2. The zero-order chi connectivity index (χ0) is 28.7. The minimum atomic E-state index is -0.919. The highest BCUT2D eigenvalue weighted by atomic mass is 19.1. The van der Waals surface area contributed by atoms with Crippen molar-refractivity contribution in [2.45, 2.75) is 129 Å². The van der Waals surface area contributed by atoms with E-state index in [9.17, 15) is 4.79 Å². The summed E-state index contributed by atoms with van der Waals surface area (Å²) in [6, 6.07) is 0. The van der Waals surface area contributed by atoms with Gasteiger partial charge in [-0.3, -0.25) is 0 Å². The van der Waals surface area contributed by atoms with Crippen molar-refractivity contribution >= 4 is 5.97 Å². The quantitative estimate of drug-likeness (QED) is 0.0882. The second kappa shape index (κ2) is 18.1. The number of carbonyl (C=O) groups excluding carboxylic acids is 1. The third-order valence-electron chi connectivity index (χ3n) is 8.35. The van der Waals surface area contributed by atoms with Crippen LogP contribution < -0.4 is 0 Å². The summed E-state index contributed by atoms with van der Waals surface area (Å²) in [6.45, 7) is 7.90. The SMILES string of the molecule is COC(=O)/C=C/CCCC[C@@H]1[C@@H](/C=C/[C@@H](OC2CCCCO2)C(C)CC=C(C)C)[C@H](OC2CCCCO2)C[C@H]1F. The van der Waals surface area contributed by atoms with Gasteiger partial charge in [-0.05, 0) is 89.9 Å². The highest BCUT2D eigenvalue weighted by Crippen LogP contribution is 2.42. The molecule has 3 unspecified atom stereocenters. The molecule has 0 aromatic heterocycles. The lowest BCUT2D eigenvalue weighted by molar-refractivity contribution is -0.193. The van der Waals surface area contributed by atoms with E-state index >= 15 is 4.39 Å². The molecule has 0 spiro atoms. The van der Waals surface area contributed by atoms with Crippen LogP contribution in [-0.2, 0) is 28.5 Å². The zero-order valence-electron chi connectivity index (χ0n) is 25.2. The Balaban J connectivity index is 1.71. The second-order valence-electron chi connectivity index (χ2n) is 11.9. The van der Waals surface area contributed by atoms with Crippen LogP contribution in [-0.4, -0.2) is 57.3 Å². The number of hydrogen-bond donors (Lipinski definition) is 0. The van der Waals surface area contributed by atoms with Gasteiger partial charge < -0.3 is 23.7 Å². The van der Waals surface area contributed by atoms with Gasteiger partial charge in [0.1, 0.15) is 6.17 Å². The second-order valence-corrected chi connectivity index (χ2v) is 11.9. The number of hydrogen-bond acceptors (Lipinski definition) is 6. The van der Waals surface area contributed by atoms with Crippen LogP contribution in [0, 0.1) is 17.8 Å². The number of rotatable bonds is 15. The molecule has 2 heterocycles. The summed E-state index contributed by atoms with van der Waals surface area (Å²) >= 11 is 0. The van der Waals surface area contributed by atoms with Crippen LogP contribution in [0.25, 0.3) is 0 Å². The molecular weight excluding hydrogens is 511 g/mol. The fourth-order valence-corrected chi connectivity index (χ4v) is 5.92. The van der Waals surface area contributed by atoms with Gasteiger partial charge in [-0.2, -0.15) is 0 Å². The van der Waals surface area contributed by atoms with Gasteiger partial charge in [0.15, 0.2) is 12.6 Å². The number of allylic oxidation sites excluding steroid dienone is 3. The Labute approximate surface area is 241 Å². The van der Waals surface area contributed by atoms with E-state index in [4.69, 9.17) is 18.9 Å². The topological polar surface area (TPSA) is 63.2 Å². The molecule has 0 bridgehead atoms. The molecule has 0 amide bonds. The predicted octanol–water partition coefficient (Wildman–Crippen LogP) is 7.62. The standard InChI is InChI=1S/C33H53FO6/c1-24(2)17-18-25(3)29(39-32-15-9-11-21-37-32)20-19-27-26(13-7-5-6-8-14-31(35)36-4)28(34)23-30(27)40-33-16-10-12-22-38-33/h8,14,17,19-20,25-30,32-33H,5-7,9-13,15-16,18,21-23H2,1-4H3/b14-8+,20-19+/t25?,26-,27-,28-,29-,30-,32?,33?/m1/s1. The third-order valence-corrected chi connectivity index (χ3v) is 8.35. The largest absolute Gasteiger partial charge is 0.466 e. The van der Waals surface area contributed by atoms with Gasteiger partial charge >= 0.3 is 5.97 Å². The van der Waals surface area contributed by atoms with Gasteiger partial charge in [-0.25, -0.2) is 9.18 Å². The van der Waals surface area contributed by atoms with E-state index in [2.05, 4.69) is 43.7 Å². The Kier molecular flexibility index (Phi) is 14.9. The molecule has 6 nitrogen and oxygen atoms in total. The molecule has 228 valence electrons. The summed E-state index contributed by atoms with van der Waals surface area (Å²) in [5.74, 6) is -0.237. The number of ether oxygens (including phenoxy) is 5. The van der Waals surface area contributed by atoms with Gasteiger partial charge in [0, 0.05) is 31.6 Å². The number of halogens is 1. The van der Waals surface area contributed by atoms with Crippen molar-refractivity contribution < 1.29 is 32.9 Å². The Bertz CT molecular complexity index is 810. The highest BCUT2D eigenvalue weighted by molar-refractivity contribution is 5.81. The molecule has 1 saturated carbocycles. The number of alkyl halides is 1. The molecule has 2 saturated heterocycles. The summed E-state index contributed by atoms with van der Waals surface area (Å²) in [5.41, 5.74) is 1.29. The summed E-state index contributed by atoms with van der Waals surface area (Å²) in [6.07, 6.45) is 19.0. The Morgan fingerprint density at radius 2 is 1.77 bits per heavy atom. The molecule has 7 heteroatoms. The lowest BCUT2D eigenvalue weighted by Crippen LogP contribution is -2.32. The van der Waals surface area contributed by atoms with Gasteiger partial charge in [0.25, 0.3) is 0 Å². The fourth-order valence-electron chi connectivity index (χ4n) is 5.92. The van der Waals surface area contributed by atoms with E-state index in [0.29, 0.717) is 13.0 Å². The maximum Gasteiger partial charge on any atom is 0.330 e. The lowest BCUT2D eigenvalue weighted by Gasteiger charge is -2.31. The van der Waals surface area contributed by atoms with Crippen molar-refractivity contribution in [2.24, 2.45) is 17.8 Å². The van der Waals surface area contributed by atoms with E-state index in [1.807, 2.05) is 6.08 Å². The normalized spacial score (nSPS) is 30.9. The van der Waals surface area contributed by atoms with Crippen molar-refractivity contribution in [3.8, 4) is 0 Å². The minimum Gasteiger partial charge on any atom is -0.466 e. The van der Waals surface area contributed by atoms with Gasteiger partial charge in [0.2, 0.25) is 0 Å². The molecule has 0 N–H and O–H groups in total. The van der Waals surface area contributed by atoms with E-state index in [0.717, 1.165) is 77.2 Å². The summed E-state index contributed by atoms with van der Waals surface area (Å²) in [5, 5.41) is 0. The molecule has 3 rings (SSSR count).